The highest BCUT2D eigenvalue weighted by molar-refractivity contribution is 6.36. The Bertz CT molecular complexity index is 739. The van der Waals surface area contributed by atoms with Gasteiger partial charge in [-0.3, -0.25) is 19.3 Å². The van der Waals surface area contributed by atoms with Crippen molar-refractivity contribution >= 4 is 46.6 Å². The van der Waals surface area contributed by atoms with Gasteiger partial charge in [-0.2, -0.15) is 0 Å². The van der Waals surface area contributed by atoms with Crippen LogP contribution in [0.2, 0.25) is 10.0 Å². The Kier molecular flexibility index (Phi) is 4.24. The standard InChI is InChI=1S/C18H18Cl2N2O3/c19-11-3-4-13(12(20)8-11)21-14(23)5-6-22-17(24)15-9-1-2-10(7-9)16(15)18(22)25/h3-4,8-10,15-16H,1-2,5-7H2,(H,21,23)/t9-,10+,15+,16-. The van der Waals surface area contributed by atoms with Crippen LogP contribution in [0.15, 0.2) is 18.2 Å². The maximum atomic E-state index is 12.6. The van der Waals surface area contributed by atoms with Crippen molar-refractivity contribution in [2.45, 2.75) is 25.7 Å². The molecule has 4 atom stereocenters. The van der Waals surface area contributed by atoms with Crippen LogP contribution < -0.4 is 5.32 Å². The molecule has 2 bridgehead atoms. The first-order valence-electron chi connectivity index (χ1n) is 8.56. The summed E-state index contributed by atoms with van der Waals surface area (Å²) in [5.41, 5.74) is 0.463. The predicted molar refractivity (Wildman–Crippen MR) is 94.2 cm³/mol. The van der Waals surface area contributed by atoms with E-state index < -0.39 is 0 Å². The smallest absolute Gasteiger partial charge is 0.233 e. The van der Waals surface area contributed by atoms with Crippen LogP contribution in [0.3, 0.4) is 0 Å². The van der Waals surface area contributed by atoms with E-state index in [9.17, 15) is 14.4 Å². The summed E-state index contributed by atoms with van der Waals surface area (Å²) in [5.74, 6) is -0.0137. The predicted octanol–water partition coefficient (Wildman–Crippen LogP) is 3.35. The molecule has 2 saturated carbocycles. The number of hydrogen-bond acceptors (Lipinski definition) is 3. The summed E-state index contributed by atoms with van der Waals surface area (Å²) in [6.45, 7) is 0.126. The lowest BCUT2D eigenvalue weighted by Gasteiger charge is -2.19. The highest BCUT2D eigenvalue weighted by Gasteiger charge is 2.60. The van der Waals surface area contributed by atoms with Gasteiger partial charge in [0.15, 0.2) is 0 Å². The number of nitrogens with zero attached hydrogens (tertiary/aromatic N) is 1. The van der Waals surface area contributed by atoms with Gasteiger partial charge in [0.1, 0.15) is 0 Å². The lowest BCUT2D eigenvalue weighted by Crippen LogP contribution is -2.35. The number of carbonyl (C=O) groups excluding carboxylic acids is 3. The van der Waals surface area contributed by atoms with Crippen LogP contribution in [0.25, 0.3) is 0 Å². The third kappa shape index (κ3) is 2.83. The minimum Gasteiger partial charge on any atom is -0.325 e. The first kappa shape index (κ1) is 16.9. The van der Waals surface area contributed by atoms with E-state index in [0.29, 0.717) is 27.6 Å². The number of rotatable bonds is 4. The van der Waals surface area contributed by atoms with Crippen LogP contribution in [-0.4, -0.2) is 29.2 Å². The summed E-state index contributed by atoms with van der Waals surface area (Å²) in [7, 11) is 0. The van der Waals surface area contributed by atoms with Gasteiger partial charge in [-0.1, -0.05) is 23.2 Å². The Morgan fingerprint density at radius 1 is 1.12 bits per heavy atom. The van der Waals surface area contributed by atoms with Crippen LogP contribution in [0.5, 0.6) is 0 Å². The third-order valence-corrected chi connectivity index (χ3v) is 6.33. The third-order valence-electron chi connectivity index (χ3n) is 5.79. The molecule has 1 N–H and O–H groups in total. The van der Waals surface area contributed by atoms with E-state index in [1.54, 1.807) is 18.2 Å². The Morgan fingerprint density at radius 3 is 2.36 bits per heavy atom. The molecule has 25 heavy (non-hydrogen) atoms. The highest BCUT2D eigenvalue weighted by atomic mass is 35.5. The molecule has 3 aliphatic rings. The van der Waals surface area contributed by atoms with Crippen molar-refractivity contribution in [2.75, 3.05) is 11.9 Å². The molecule has 7 heteroatoms. The average molecular weight is 381 g/mol. The van der Waals surface area contributed by atoms with Gasteiger partial charge < -0.3 is 5.32 Å². The number of fused-ring (bicyclic) bond motifs is 5. The average Bonchev–Trinajstić information content (AvgIpc) is 3.23. The second kappa shape index (κ2) is 6.29. The fraction of sp³-hybridized carbons (Fsp3) is 0.500. The zero-order valence-electron chi connectivity index (χ0n) is 13.5. The monoisotopic (exact) mass is 380 g/mol. The van der Waals surface area contributed by atoms with Gasteiger partial charge in [0, 0.05) is 18.0 Å². The number of benzene rings is 1. The summed E-state index contributed by atoms with van der Waals surface area (Å²) in [6, 6.07) is 4.80. The Balaban J connectivity index is 1.37. The van der Waals surface area contributed by atoms with Crippen LogP contribution in [-0.2, 0) is 14.4 Å². The first-order chi connectivity index (χ1) is 12.0. The van der Waals surface area contributed by atoms with Gasteiger partial charge in [-0.05, 0) is 49.3 Å². The number of imide groups is 1. The number of carbonyl (C=O) groups is 3. The van der Waals surface area contributed by atoms with E-state index in [1.165, 1.54) is 4.90 Å². The minimum absolute atomic E-state index is 0.0607. The maximum Gasteiger partial charge on any atom is 0.233 e. The molecular formula is C18H18Cl2N2O3. The second-order valence-corrected chi connectivity index (χ2v) is 7.98. The highest BCUT2D eigenvalue weighted by Crippen LogP contribution is 2.56. The van der Waals surface area contributed by atoms with E-state index in [-0.39, 0.29) is 42.5 Å². The molecule has 4 rings (SSSR count). The summed E-state index contributed by atoms with van der Waals surface area (Å²) in [5, 5.41) is 3.52. The molecule has 5 nitrogen and oxygen atoms in total. The molecule has 2 aliphatic carbocycles. The van der Waals surface area contributed by atoms with E-state index in [2.05, 4.69) is 5.32 Å². The molecule has 132 valence electrons. The molecule has 0 aromatic heterocycles. The van der Waals surface area contributed by atoms with Gasteiger partial charge >= 0.3 is 0 Å². The number of likely N-dealkylation sites (tertiary alicyclic amines) is 1. The van der Waals surface area contributed by atoms with Crippen LogP contribution in [0.1, 0.15) is 25.7 Å². The van der Waals surface area contributed by atoms with Gasteiger partial charge in [0.2, 0.25) is 17.7 Å². The summed E-state index contributed by atoms with van der Waals surface area (Å²) in [6.07, 6.45) is 3.17. The molecule has 0 unspecified atom stereocenters. The van der Waals surface area contributed by atoms with Crippen molar-refractivity contribution in [3.63, 3.8) is 0 Å². The summed E-state index contributed by atoms with van der Waals surface area (Å²) < 4.78 is 0. The van der Waals surface area contributed by atoms with Gasteiger partial charge in [0.05, 0.1) is 22.5 Å². The fourth-order valence-electron chi connectivity index (χ4n) is 4.71. The molecule has 3 amide bonds. The SMILES string of the molecule is O=C(CCN1C(=O)[C@@H]2[C@H]3CC[C@H](C3)[C@@H]2C1=O)Nc1ccc(Cl)cc1Cl. The zero-order chi connectivity index (χ0) is 17.7. The molecule has 1 aliphatic heterocycles. The van der Waals surface area contributed by atoms with E-state index in [1.807, 2.05) is 0 Å². The lowest BCUT2D eigenvalue weighted by molar-refractivity contribution is -0.140. The maximum absolute atomic E-state index is 12.6. The fourth-order valence-corrected chi connectivity index (χ4v) is 5.16. The van der Waals surface area contributed by atoms with Gasteiger partial charge in [0.25, 0.3) is 0 Å². The summed E-state index contributed by atoms with van der Waals surface area (Å²) >= 11 is 11.9. The molecule has 1 saturated heterocycles. The second-order valence-electron chi connectivity index (χ2n) is 7.14. The van der Waals surface area contributed by atoms with Crippen molar-refractivity contribution in [1.82, 2.24) is 4.90 Å². The molecular weight excluding hydrogens is 363 g/mol. The van der Waals surface area contributed by atoms with Crippen LogP contribution in [0.4, 0.5) is 5.69 Å². The Labute approximate surface area is 155 Å². The topological polar surface area (TPSA) is 66.5 Å². The van der Waals surface area contributed by atoms with Crippen molar-refractivity contribution in [3.05, 3.63) is 28.2 Å². The number of hydrogen-bond donors (Lipinski definition) is 1. The molecule has 1 aromatic rings. The largest absolute Gasteiger partial charge is 0.325 e. The Hall–Kier alpha value is -1.59. The van der Waals surface area contributed by atoms with Crippen molar-refractivity contribution in [2.24, 2.45) is 23.7 Å². The molecule has 0 radical (unpaired) electrons. The first-order valence-corrected chi connectivity index (χ1v) is 9.31. The van der Waals surface area contributed by atoms with Crippen molar-refractivity contribution in [3.8, 4) is 0 Å². The van der Waals surface area contributed by atoms with Crippen molar-refractivity contribution in [1.29, 1.82) is 0 Å². The quantitative estimate of drug-likeness (QED) is 0.814. The normalized spacial score (nSPS) is 30.1. The zero-order valence-corrected chi connectivity index (χ0v) is 15.0. The number of halogens is 2. The Morgan fingerprint density at radius 2 is 1.76 bits per heavy atom. The van der Waals surface area contributed by atoms with Gasteiger partial charge in [-0.15, -0.1) is 0 Å². The van der Waals surface area contributed by atoms with Crippen molar-refractivity contribution < 1.29 is 14.4 Å². The number of anilines is 1. The van der Waals surface area contributed by atoms with E-state index in [0.717, 1.165) is 19.3 Å². The number of amides is 3. The number of nitrogens with one attached hydrogen (secondary N) is 1. The minimum atomic E-state index is -0.287. The van der Waals surface area contributed by atoms with Gasteiger partial charge in [-0.25, -0.2) is 0 Å². The van der Waals surface area contributed by atoms with Crippen LogP contribution >= 0.6 is 23.2 Å². The molecule has 0 spiro atoms. The van der Waals surface area contributed by atoms with Crippen LogP contribution in [0, 0.1) is 23.7 Å². The lowest BCUT2D eigenvalue weighted by atomic mass is 9.81. The molecule has 1 aromatic carbocycles. The molecule has 1 heterocycles. The molecule has 3 fully saturated rings. The summed E-state index contributed by atoms with van der Waals surface area (Å²) in [4.78, 5) is 38.6. The van der Waals surface area contributed by atoms with E-state index in [4.69, 9.17) is 23.2 Å². The van der Waals surface area contributed by atoms with E-state index >= 15 is 0 Å².